The highest BCUT2D eigenvalue weighted by Gasteiger charge is 2.19. The SMILES string of the molecule is C(=N\N(c1ccccc1)c1ccccc1)/c1ccc(N2CCc3ccccc32)cc1. The van der Waals surface area contributed by atoms with Crippen LogP contribution in [0.3, 0.4) is 0 Å². The summed E-state index contributed by atoms with van der Waals surface area (Å²) in [6, 6.07) is 37.7. The van der Waals surface area contributed by atoms with Crippen LogP contribution in [0.15, 0.2) is 114 Å². The van der Waals surface area contributed by atoms with Gasteiger partial charge in [-0.3, -0.25) is 0 Å². The van der Waals surface area contributed by atoms with Crippen molar-refractivity contribution >= 4 is 29.0 Å². The standard InChI is InChI=1S/C27H23N3/c1-3-10-25(11-4-1)30(26-12-5-2-6-13-26)28-21-22-15-17-24(18-16-22)29-20-19-23-9-7-8-14-27(23)29/h1-18,21H,19-20H2/b28-21+. The predicted octanol–water partition coefficient (Wildman–Crippen LogP) is 6.55. The number of anilines is 4. The van der Waals surface area contributed by atoms with Gasteiger partial charge in [-0.2, -0.15) is 5.10 Å². The maximum Gasteiger partial charge on any atom is 0.0652 e. The van der Waals surface area contributed by atoms with Gasteiger partial charge in [0.25, 0.3) is 0 Å². The summed E-state index contributed by atoms with van der Waals surface area (Å²) in [5.74, 6) is 0. The van der Waals surface area contributed by atoms with Gasteiger partial charge < -0.3 is 4.90 Å². The normalized spacial score (nSPS) is 12.9. The molecule has 0 N–H and O–H groups in total. The van der Waals surface area contributed by atoms with Gasteiger partial charge in [0, 0.05) is 17.9 Å². The zero-order valence-electron chi connectivity index (χ0n) is 16.7. The molecule has 0 radical (unpaired) electrons. The lowest BCUT2D eigenvalue weighted by Gasteiger charge is -2.20. The molecule has 0 saturated heterocycles. The largest absolute Gasteiger partial charge is 0.341 e. The molecule has 4 aromatic carbocycles. The molecule has 30 heavy (non-hydrogen) atoms. The molecule has 5 rings (SSSR count). The summed E-state index contributed by atoms with van der Waals surface area (Å²) in [6.45, 7) is 1.03. The van der Waals surface area contributed by atoms with E-state index in [0.29, 0.717) is 0 Å². The molecule has 1 aliphatic heterocycles. The van der Waals surface area contributed by atoms with Gasteiger partial charge in [-0.1, -0.05) is 66.7 Å². The second kappa shape index (κ2) is 8.26. The van der Waals surface area contributed by atoms with Gasteiger partial charge in [-0.05, 0) is 60.0 Å². The third kappa shape index (κ3) is 3.70. The molecule has 4 aromatic rings. The van der Waals surface area contributed by atoms with Crippen molar-refractivity contribution < 1.29 is 0 Å². The van der Waals surface area contributed by atoms with E-state index in [4.69, 9.17) is 5.10 Å². The molecule has 3 heteroatoms. The van der Waals surface area contributed by atoms with Crippen LogP contribution in [0.5, 0.6) is 0 Å². The zero-order valence-corrected chi connectivity index (χ0v) is 16.7. The summed E-state index contributed by atoms with van der Waals surface area (Å²) < 4.78 is 0. The van der Waals surface area contributed by atoms with E-state index in [2.05, 4.69) is 77.7 Å². The Bertz CT molecular complexity index is 1100. The molecule has 0 atom stereocenters. The van der Waals surface area contributed by atoms with E-state index in [-0.39, 0.29) is 0 Å². The summed E-state index contributed by atoms with van der Waals surface area (Å²) in [7, 11) is 0. The molecule has 1 heterocycles. The monoisotopic (exact) mass is 389 g/mol. The number of rotatable bonds is 5. The smallest absolute Gasteiger partial charge is 0.0652 e. The summed E-state index contributed by atoms with van der Waals surface area (Å²) in [4.78, 5) is 2.39. The van der Waals surface area contributed by atoms with E-state index >= 15 is 0 Å². The van der Waals surface area contributed by atoms with Gasteiger partial charge in [0.05, 0.1) is 17.6 Å². The van der Waals surface area contributed by atoms with Crippen LogP contribution in [0.2, 0.25) is 0 Å². The molecular weight excluding hydrogens is 366 g/mol. The Morgan fingerprint density at radius 1 is 0.667 bits per heavy atom. The number of hydrogen-bond donors (Lipinski definition) is 0. The van der Waals surface area contributed by atoms with Crippen molar-refractivity contribution in [2.24, 2.45) is 5.10 Å². The summed E-state index contributed by atoms with van der Waals surface area (Å²) in [5.41, 5.74) is 7.10. The first-order chi connectivity index (χ1) is 14.9. The van der Waals surface area contributed by atoms with Crippen LogP contribution in [-0.2, 0) is 6.42 Å². The minimum Gasteiger partial charge on any atom is -0.341 e. The van der Waals surface area contributed by atoms with Crippen LogP contribution >= 0.6 is 0 Å². The number of fused-ring (bicyclic) bond motifs is 1. The molecular formula is C27H23N3. The highest BCUT2D eigenvalue weighted by atomic mass is 15.5. The van der Waals surface area contributed by atoms with Crippen LogP contribution in [0.25, 0.3) is 0 Å². The molecule has 0 aliphatic carbocycles. The first-order valence-corrected chi connectivity index (χ1v) is 10.3. The van der Waals surface area contributed by atoms with Crippen molar-refractivity contribution in [2.75, 3.05) is 16.5 Å². The van der Waals surface area contributed by atoms with Gasteiger partial charge in [0.15, 0.2) is 0 Å². The minimum absolute atomic E-state index is 1.03. The van der Waals surface area contributed by atoms with Crippen LogP contribution in [0, 0.1) is 0 Å². The van der Waals surface area contributed by atoms with Crippen LogP contribution in [0.1, 0.15) is 11.1 Å². The maximum atomic E-state index is 4.79. The fraction of sp³-hybridized carbons (Fsp3) is 0.0741. The third-order valence-electron chi connectivity index (χ3n) is 5.42. The number of hydrogen-bond acceptors (Lipinski definition) is 3. The Balaban J connectivity index is 1.39. The van der Waals surface area contributed by atoms with Gasteiger partial charge >= 0.3 is 0 Å². The van der Waals surface area contributed by atoms with E-state index in [1.54, 1.807) is 0 Å². The fourth-order valence-corrected chi connectivity index (χ4v) is 3.89. The molecule has 0 aromatic heterocycles. The van der Waals surface area contributed by atoms with E-state index in [9.17, 15) is 0 Å². The minimum atomic E-state index is 1.03. The highest BCUT2D eigenvalue weighted by Crippen LogP contribution is 2.34. The zero-order chi connectivity index (χ0) is 20.2. The fourth-order valence-electron chi connectivity index (χ4n) is 3.89. The van der Waals surface area contributed by atoms with E-state index in [0.717, 1.165) is 29.9 Å². The topological polar surface area (TPSA) is 18.8 Å². The molecule has 1 aliphatic rings. The van der Waals surface area contributed by atoms with Gasteiger partial charge in [0.2, 0.25) is 0 Å². The van der Waals surface area contributed by atoms with Crippen LogP contribution in [-0.4, -0.2) is 12.8 Å². The first-order valence-electron chi connectivity index (χ1n) is 10.3. The number of benzene rings is 4. The van der Waals surface area contributed by atoms with Crippen LogP contribution < -0.4 is 9.91 Å². The first kappa shape index (κ1) is 18.2. The molecule has 0 saturated carbocycles. The lowest BCUT2D eigenvalue weighted by molar-refractivity contribution is 0.998. The molecule has 146 valence electrons. The van der Waals surface area contributed by atoms with Crippen molar-refractivity contribution in [3.63, 3.8) is 0 Å². The summed E-state index contributed by atoms with van der Waals surface area (Å²) in [5, 5.41) is 6.76. The van der Waals surface area contributed by atoms with E-state index in [1.807, 2.05) is 47.6 Å². The second-order valence-electron chi connectivity index (χ2n) is 7.35. The van der Waals surface area contributed by atoms with Gasteiger partial charge in [-0.25, -0.2) is 5.01 Å². The Hall–Kier alpha value is -3.85. The van der Waals surface area contributed by atoms with Crippen molar-refractivity contribution in [1.29, 1.82) is 0 Å². The molecule has 0 amide bonds. The van der Waals surface area contributed by atoms with Crippen molar-refractivity contribution in [3.8, 4) is 0 Å². The molecule has 3 nitrogen and oxygen atoms in total. The Morgan fingerprint density at radius 3 is 1.93 bits per heavy atom. The van der Waals surface area contributed by atoms with Crippen molar-refractivity contribution in [3.05, 3.63) is 120 Å². The Kier molecular flexibility index (Phi) is 5.01. The second-order valence-corrected chi connectivity index (χ2v) is 7.35. The highest BCUT2D eigenvalue weighted by molar-refractivity contribution is 5.83. The number of nitrogens with zero attached hydrogens (tertiary/aromatic N) is 3. The number of hydrazone groups is 1. The van der Waals surface area contributed by atoms with Gasteiger partial charge in [0.1, 0.15) is 0 Å². The lowest BCUT2D eigenvalue weighted by atomic mass is 10.1. The summed E-state index contributed by atoms with van der Waals surface area (Å²) >= 11 is 0. The Labute approximate surface area is 177 Å². The molecule has 0 bridgehead atoms. The van der Waals surface area contributed by atoms with Crippen LogP contribution in [0.4, 0.5) is 22.7 Å². The maximum absolute atomic E-state index is 4.79. The molecule has 0 unspecified atom stereocenters. The summed E-state index contributed by atoms with van der Waals surface area (Å²) in [6.07, 6.45) is 3.02. The van der Waals surface area contributed by atoms with Crippen molar-refractivity contribution in [1.82, 2.24) is 0 Å². The lowest BCUT2D eigenvalue weighted by Crippen LogP contribution is -2.13. The molecule has 0 fully saturated rings. The van der Waals surface area contributed by atoms with E-state index < -0.39 is 0 Å². The van der Waals surface area contributed by atoms with Gasteiger partial charge in [-0.15, -0.1) is 0 Å². The quantitative estimate of drug-likeness (QED) is 0.285. The molecule has 0 spiro atoms. The third-order valence-corrected chi connectivity index (χ3v) is 5.42. The average Bonchev–Trinajstić information content (AvgIpc) is 3.25. The predicted molar refractivity (Wildman–Crippen MR) is 126 cm³/mol. The number of para-hydroxylation sites is 3. The Morgan fingerprint density at radius 2 is 1.27 bits per heavy atom. The average molecular weight is 390 g/mol. The van der Waals surface area contributed by atoms with E-state index in [1.165, 1.54) is 16.9 Å². The van der Waals surface area contributed by atoms with Crippen molar-refractivity contribution in [2.45, 2.75) is 6.42 Å².